The van der Waals surface area contributed by atoms with Gasteiger partial charge in [-0.25, -0.2) is 14.6 Å². The number of anilines is 1. The van der Waals surface area contributed by atoms with Gasteiger partial charge in [-0.1, -0.05) is 6.92 Å². The van der Waals surface area contributed by atoms with E-state index in [0.717, 1.165) is 41.6 Å². The summed E-state index contributed by atoms with van der Waals surface area (Å²) in [5.74, 6) is 1.59. The summed E-state index contributed by atoms with van der Waals surface area (Å²) in [5, 5.41) is 7.93. The number of nitrogens with zero attached hydrogens (tertiary/aromatic N) is 5. The van der Waals surface area contributed by atoms with Crippen molar-refractivity contribution in [2.75, 3.05) is 11.9 Å². The number of aromatic nitrogens is 5. The first-order valence-electron chi connectivity index (χ1n) is 7.22. The van der Waals surface area contributed by atoms with Gasteiger partial charge in [0.15, 0.2) is 11.5 Å². The molecular formula is C15H20N6. The first-order valence-corrected chi connectivity index (χ1v) is 7.22. The Morgan fingerprint density at radius 3 is 2.71 bits per heavy atom. The van der Waals surface area contributed by atoms with Gasteiger partial charge in [0, 0.05) is 24.6 Å². The topological polar surface area (TPSA) is 60.0 Å². The summed E-state index contributed by atoms with van der Waals surface area (Å²) >= 11 is 0. The van der Waals surface area contributed by atoms with Gasteiger partial charge in [0.1, 0.15) is 5.82 Å². The summed E-state index contributed by atoms with van der Waals surface area (Å²) in [6.45, 7) is 9.18. The predicted octanol–water partition coefficient (Wildman–Crippen LogP) is 2.66. The molecular weight excluding hydrogens is 264 g/mol. The standard InChI is InChI=1S/C15H20N6/c1-5-6-16-13-9-20-8-7-17-14(20)15(18-13)21-12(4)10(2)11(3)19-21/h7-9,16H,5-6H2,1-4H3. The Hall–Kier alpha value is -2.37. The Morgan fingerprint density at radius 1 is 1.24 bits per heavy atom. The molecule has 0 aliphatic rings. The number of aryl methyl sites for hydroxylation is 1. The number of fused-ring (bicyclic) bond motifs is 1. The van der Waals surface area contributed by atoms with Crippen LogP contribution in [-0.2, 0) is 0 Å². The van der Waals surface area contributed by atoms with Crippen LogP contribution < -0.4 is 5.32 Å². The molecule has 0 bridgehead atoms. The lowest BCUT2D eigenvalue weighted by Crippen LogP contribution is -2.10. The number of nitrogens with one attached hydrogen (secondary N) is 1. The number of hydrogen-bond donors (Lipinski definition) is 1. The maximum atomic E-state index is 4.70. The van der Waals surface area contributed by atoms with Crippen LogP contribution in [0.25, 0.3) is 11.5 Å². The number of hydrogen-bond acceptors (Lipinski definition) is 4. The molecule has 0 aromatic carbocycles. The lowest BCUT2D eigenvalue weighted by molar-refractivity contribution is 0.801. The third-order valence-electron chi connectivity index (χ3n) is 3.77. The fraction of sp³-hybridized carbons (Fsp3) is 0.400. The zero-order valence-electron chi connectivity index (χ0n) is 12.9. The van der Waals surface area contributed by atoms with E-state index in [0.29, 0.717) is 0 Å². The Morgan fingerprint density at radius 2 is 2.05 bits per heavy atom. The van der Waals surface area contributed by atoms with Crippen molar-refractivity contribution in [1.82, 2.24) is 24.1 Å². The largest absolute Gasteiger partial charge is 0.369 e. The first-order chi connectivity index (χ1) is 10.1. The number of rotatable bonds is 4. The van der Waals surface area contributed by atoms with Crippen LogP contribution in [0.3, 0.4) is 0 Å². The van der Waals surface area contributed by atoms with Crippen molar-refractivity contribution in [2.45, 2.75) is 34.1 Å². The lowest BCUT2D eigenvalue weighted by atomic mass is 10.2. The van der Waals surface area contributed by atoms with Gasteiger partial charge in [-0.3, -0.25) is 0 Å². The van der Waals surface area contributed by atoms with Gasteiger partial charge in [-0.15, -0.1) is 0 Å². The molecule has 6 heteroatoms. The second kappa shape index (κ2) is 5.20. The molecule has 21 heavy (non-hydrogen) atoms. The SMILES string of the molecule is CCCNc1cn2ccnc2c(-n2nc(C)c(C)c2C)n1. The molecule has 0 aliphatic carbocycles. The lowest BCUT2D eigenvalue weighted by Gasteiger charge is -2.10. The van der Waals surface area contributed by atoms with E-state index in [1.54, 1.807) is 6.20 Å². The van der Waals surface area contributed by atoms with Gasteiger partial charge in [-0.2, -0.15) is 5.10 Å². The fourth-order valence-corrected chi connectivity index (χ4v) is 2.32. The molecule has 0 saturated carbocycles. The molecule has 3 aromatic rings. The summed E-state index contributed by atoms with van der Waals surface area (Å²) < 4.78 is 3.86. The second-order valence-corrected chi connectivity index (χ2v) is 5.24. The molecule has 0 aliphatic heterocycles. The number of imidazole rings is 1. The van der Waals surface area contributed by atoms with E-state index in [1.165, 1.54) is 5.56 Å². The highest BCUT2D eigenvalue weighted by molar-refractivity contribution is 5.58. The van der Waals surface area contributed by atoms with Crippen LogP contribution in [0.4, 0.5) is 5.82 Å². The average molecular weight is 284 g/mol. The Kier molecular flexibility index (Phi) is 3.37. The molecule has 0 saturated heterocycles. The quantitative estimate of drug-likeness (QED) is 0.800. The van der Waals surface area contributed by atoms with Gasteiger partial charge in [0.05, 0.1) is 11.9 Å². The van der Waals surface area contributed by atoms with Gasteiger partial charge < -0.3 is 9.72 Å². The third-order valence-corrected chi connectivity index (χ3v) is 3.77. The van der Waals surface area contributed by atoms with E-state index < -0.39 is 0 Å². The van der Waals surface area contributed by atoms with Crippen LogP contribution in [0.15, 0.2) is 18.6 Å². The van der Waals surface area contributed by atoms with Crippen LogP contribution in [0.2, 0.25) is 0 Å². The first kappa shape index (κ1) is 13.6. The van der Waals surface area contributed by atoms with Crippen LogP contribution in [-0.4, -0.2) is 30.7 Å². The van der Waals surface area contributed by atoms with E-state index in [9.17, 15) is 0 Å². The maximum Gasteiger partial charge on any atom is 0.199 e. The summed E-state index contributed by atoms with van der Waals surface area (Å²) in [7, 11) is 0. The average Bonchev–Trinajstić information content (AvgIpc) is 3.04. The molecule has 110 valence electrons. The van der Waals surface area contributed by atoms with E-state index in [4.69, 9.17) is 4.98 Å². The minimum absolute atomic E-state index is 0.759. The van der Waals surface area contributed by atoms with E-state index in [-0.39, 0.29) is 0 Å². The summed E-state index contributed by atoms with van der Waals surface area (Å²) in [4.78, 5) is 9.11. The smallest absolute Gasteiger partial charge is 0.199 e. The molecule has 0 fully saturated rings. The third kappa shape index (κ3) is 2.26. The van der Waals surface area contributed by atoms with E-state index in [2.05, 4.69) is 36.2 Å². The normalized spacial score (nSPS) is 11.2. The molecule has 0 amide bonds. The molecule has 1 N–H and O–H groups in total. The minimum atomic E-state index is 0.759. The molecule has 3 aromatic heterocycles. The Bertz CT molecular complexity index is 783. The Labute approximate surface area is 123 Å². The monoisotopic (exact) mass is 284 g/mol. The zero-order chi connectivity index (χ0) is 15.0. The zero-order valence-corrected chi connectivity index (χ0v) is 12.9. The van der Waals surface area contributed by atoms with Crippen molar-refractivity contribution in [3.63, 3.8) is 0 Å². The van der Waals surface area contributed by atoms with Crippen molar-refractivity contribution in [3.05, 3.63) is 35.5 Å². The highest BCUT2D eigenvalue weighted by Gasteiger charge is 2.15. The highest BCUT2D eigenvalue weighted by Crippen LogP contribution is 2.20. The summed E-state index contributed by atoms with van der Waals surface area (Å²) in [6.07, 6.45) is 6.72. The van der Waals surface area contributed by atoms with Crippen LogP contribution >= 0.6 is 0 Å². The summed E-state index contributed by atoms with van der Waals surface area (Å²) in [5.41, 5.74) is 4.11. The fourth-order valence-electron chi connectivity index (χ4n) is 2.32. The van der Waals surface area contributed by atoms with Crippen molar-refractivity contribution in [2.24, 2.45) is 0 Å². The van der Waals surface area contributed by atoms with Gasteiger partial charge in [0.2, 0.25) is 0 Å². The molecule has 0 spiro atoms. The van der Waals surface area contributed by atoms with Crippen LogP contribution in [0.5, 0.6) is 0 Å². The Balaban J connectivity index is 2.19. The summed E-state index contributed by atoms with van der Waals surface area (Å²) in [6, 6.07) is 0. The van der Waals surface area contributed by atoms with Crippen molar-refractivity contribution < 1.29 is 0 Å². The van der Waals surface area contributed by atoms with E-state index in [1.807, 2.05) is 28.4 Å². The molecule has 0 radical (unpaired) electrons. The molecule has 0 atom stereocenters. The second-order valence-electron chi connectivity index (χ2n) is 5.24. The maximum absolute atomic E-state index is 4.70. The van der Waals surface area contributed by atoms with Gasteiger partial charge >= 0.3 is 0 Å². The molecule has 0 unspecified atom stereocenters. The molecule has 3 rings (SSSR count). The van der Waals surface area contributed by atoms with Crippen LogP contribution in [0.1, 0.15) is 30.3 Å². The van der Waals surface area contributed by atoms with Crippen molar-refractivity contribution >= 4 is 11.5 Å². The van der Waals surface area contributed by atoms with Crippen LogP contribution in [0, 0.1) is 20.8 Å². The minimum Gasteiger partial charge on any atom is -0.369 e. The predicted molar refractivity (Wildman–Crippen MR) is 83.1 cm³/mol. The van der Waals surface area contributed by atoms with Crippen molar-refractivity contribution in [3.8, 4) is 5.82 Å². The van der Waals surface area contributed by atoms with Gasteiger partial charge in [-0.05, 0) is 32.8 Å². The van der Waals surface area contributed by atoms with Crippen molar-refractivity contribution in [1.29, 1.82) is 0 Å². The molecule has 6 nitrogen and oxygen atoms in total. The van der Waals surface area contributed by atoms with E-state index >= 15 is 0 Å². The molecule has 3 heterocycles. The highest BCUT2D eigenvalue weighted by atomic mass is 15.3. The van der Waals surface area contributed by atoms with Gasteiger partial charge in [0.25, 0.3) is 0 Å².